The Bertz CT molecular complexity index is 333. The molecular weight excluding hydrogens is 174 g/mol. The van der Waals surface area contributed by atoms with Gasteiger partial charge in [-0.1, -0.05) is 18.2 Å². The van der Waals surface area contributed by atoms with Crippen molar-refractivity contribution in [1.29, 1.82) is 0 Å². The highest BCUT2D eigenvalue weighted by atomic mass is 16.3. The number of rotatable bonds is 2. The van der Waals surface area contributed by atoms with E-state index in [1.807, 2.05) is 12.1 Å². The van der Waals surface area contributed by atoms with Gasteiger partial charge in [0.05, 0.1) is 6.61 Å². The average molecular weight is 191 g/mol. The third-order valence-corrected chi connectivity index (χ3v) is 2.91. The van der Waals surface area contributed by atoms with Crippen molar-refractivity contribution < 1.29 is 5.11 Å². The SMILES string of the molecule is CC(C)N1CCc2cccc(CO)c21. The van der Waals surface area contributed by atoms with Crippen molar-refractivity contribution in [3.05, 3.63) is 29.3 Å². The van der Waals surface area contributed by atoms with Gasteiger partial charge in [0, 0.05) is 23.8 Å². The predicted octanol–water partition coefficient (Wildman–Crippen LogP) is 1.95. The first-order valence-electron chi connectivity index (χ1n) is 5.22. The molecule has 1 aliphatic heterocycles. The Morgan fingerprint density at radius 2 is 2.21 bits per heavy atom. The molecule has 1 N–H and O–H groups in total. The summed E-state index contributed by atoms with van der Waals surface area (Å²) in [7, 11) is 0. The Labute approximate surface area is 85.2 Å². The highest BCUT2D eigenvalue weighted by Crippen LogP contribution is 2.33. The lowest BCUT2D eigenvalue weighted by Gasteiger charge is -2.25. The van der Waals surface area contributed by atoms with E-state index in [1.165, 1.54) is 11.3 Å². The van der Waals surface area contributed by atoms with Crippen LogP contribution in [0.25, 0.3) is 0 Å². The Morgan fingerprint density at radius 1 is 1.43 bits per heavy atom. The van der Waals surface area contributed by atoms with Crippen LogP contribution in [0.1, 0.15) is 25.0 Å². The first-order chi connectivity index (χ1) is 6.74. The minimum absolute atomic E-state index is 0.145. The zero-order valence-corrected chi connectivity index (χ0v) is 8.83. The molecule has 0 spiro atoms. The number of para-hydroxylation sites is 1. The summed E-state index contributed by atoms with van der Waals surface area (Å²) in [5.74, 6) is 0. The number of anilines is 1. The molecule has 0 radical (unpaired) electrons. The van der Waals surface area contributed by atoms with Gasteiger partial charge in [0.2, 0.25) is 0 Å². The molecule has 0 unspecified atom stereocenters. The first kappa shape index (κ1) is 9.53. The smallest absolute Gasteiger partial charge is 0.0702 e. The van der Waals surface area contributed by atoms with Crippen LogP contribution in [0.4, 0.5) is 5.69 Å². The summed E-state index contributed by atoms with van der Waals surface area (Å²) in [5.41, 5.74) is 3.71. The van der Waals surface area contributed by atoms with Crippen molar-refractivity contribution in [2.75, 3.05) is 11.4 Å². The Hall–Kier alpha value is -1.02. The molecular formula is C12H17NO. The number of hydrogen-bond donors (Lipinski definition) is 1. The molecule has 0 saturated heterocycles. The first-order valence-corrected chi connectivity index (χ1v) is 5.22. The van der Waals surface area contributed by atoms with Gasteiger partial charge in [-0.15, -0.1) is 0 Å². The summed E-state index contributed by atoms with van der Waals surface area (Å²) in [6, 6.07) is 6.73. The van der Waals surface area contributed by atoms with Gasteiger partial charge in [-0.2, -0.15) is 0 Å². The standard InChI is InChI=1S/C12H17NO/c1-9(2)13-7-6-10-4-3-5-11(8-14)12(10)13/h3-5,9,14H,6-8H2,1-2H3. The van der Waals surface area contributed by atoms with E-state index in [4.69, 9.17) is 0 Å². The van der Waals surface area contributed by atoms with E-state index in [0.29, 0.717) is 6.04 Å². The largest absolute Gasteiger partial charge is 0.392 e. The molecule has 14 heavy (non-hydrogen) atoms. The van der Waals surface area contributed by atoms with Gasteiger partial charge in [0.15, 0.2) is 0 Å². The van der Waals surface area contributed by atoms with Crippen LogP contribution in [0.2, 0.25) is 0 Å². The summed E-state index contributed by atoms with van der Waals surface area (Å²) in [4.78, 5) is 2.38. The highest BCUT2D eigenvalue weighted by Gasteiger charge is 2.23. The van der Waals surface area contributed by atoms with Crippen LogP contribution in [0, 0.1) is 0 Å². The zero-order valence-electron chi connectivity index (χ0n) is 8.83. The molecule has 76 valence electrons. The lowest BCUT2D eigenvalue weighted by Crippen LogP contribution is -2.29. The number of benzene rings is 1. The molecule has 0 saturated carbocycles. The van der Waals surface area contributed by atoms with E-state index in [2.05, 4.69) is 24.8 Å². The second kappa shape index (κ2) is 3.62. The van der Waals surface area contributed by atoms with Crippen LogP contribution in [0.5, 0.6) is 0 Å². The molecule has 0 bridgehead atoms. The number of aliphatic hydroxyl groups is 1. The average Bonchev–Trinajstić information content (AvgIpc) is 2.60. The third kappa shape index (κ3) is 1.40. The minimum Gasteiger partial charge on any atom is -0.392 e. The minimum atomic E-state index is 0.145. The van der Waals surface area contributed by atoms with E-state index >= 15 is 0 Å². The highest BCUT2D eigenvalue weighted by molar-refractivity contribution is 5.63. The molecule has 0 aliphatic carbocycles. The van der Waals surface area contributed by atoms with Gasteiger partial charge >= 0.3 is 0 Å². The number of aliphatic hydroxyl groups excluding tert-OH is 1. The van der Waals surface area contributed by atoms with Crippen LogP contribution >= 0.6 is 0 Å². The van der Waals surface area contributed by atoms with E-state index in [9.17, 15) is 5.11 Å². The van der Waals surface area contributed by atoms with E-state index in [1.54, 1.807) is 0 Å². The maximum Gasteiger partial charge on any atom is 0.0702 e. The fourth-order valence-corrected chi connectivity index (χ4v) is 2.21. The lowest BCUT2D eigenvalue weighted by molar-refractivity contribution is 0.282. The van der Waals surface area contributed by atoms with Crippen LogP contribution < -0.4 is 4.90 Å². The quantitative estimate of drug-likeness (QED) is 0.772. The van der Waals surface area contributed by atoms with E-state index in [-0.39, 0.29) is 6.61 Å². The van der Waals surface area contributed by atoms with Crippen LogP contribution in [0.3, 0.4) is 0 Å². The fraction of sp³-hybridized carbons (Fsp3) is 0.500. The van der Waals surface area contributed by atoms with Crippen LogP contribution in [-0.4, -0.2) is 17.7 Å². The van der Waals surface area contributed by atoms with Crippen molar-refractivity contribution in [3.63, 3.8) is 0 Å². The molecule has 0 fully saturated rings. The molecule has 2 nitrogen and oxygen atoms in total. The van der Waals surface area contributed by atoms with Crippen molar-refractivity contribution >= 4 is 5.69 Å². The molecule has 0 atom stereocenters. The van der Waals surface area contributed by atoms with Crippen molar-refractivity contribution in [1.82, 2.24) is 0 Å². The molecule has 2 rings (SSSR count). The van der Waals surface area contributed by atoms with Crippen molar-refractivity contribution in [3.8, 4) is 0 Å². The topological polar surface area (TPSA) is 23.5 Å². The van der Waals surface area contributed by atoms with Gasteiger partial charge in [-0.25, -0.2) is 0 Å². The second-order valence-corrected chi connectivity index (χ2v) is 4.12. The van der Waals surface area contributed by atoms with Gasteiger partial charge in [-0.3, -0.25) is 0 Å². The third-order valence-electron chi connectivity index (χ3n) is 2.91. The molecule has 2 heteroatoms. The molecule has 1 heterocycles. The number of fused-ring (bicyclic) bond motifs is 1. The Balaban J connectivity index is 2.45. The summed E-state index contributed by atoms with van der Waals surface area (Å²) in [5, 5.41) is 9.27. The molecule has 1 aromatic carbocycles. The maximum atomic E-state index is 9.27. The Morgan fingerprint density at radius 3 is 2.86 bits per heavy atom. The van der Waals surface area contributed by atoms with Gasteiger partial charge in [0.25, 0.3) is 0 Å². The summed E-state index contributed by atoms with van der Waals surface area (Å²) in [6.07, 6.45) is 1.11. The number of hydrogen-bond acceptors (Lipinski definition) is 2. The second-order valence-electron chi connectivity index (χ2n) is 4.12. The fourth-order valence-electron chi connectivity index (χ4n) is 2.21. The van der Waals surface area contributed by atoms with Crippen molar-refractivity contribution in [2.45, 2.75) is 32.9 Å². The van der Waals surface area contributed by atoms with Crippen LogP contribution in [0.15, 0.2) is 18.2 Å². The molecule has 0 aromatic heterocycles. The Kier molecular flexibility index (Phi) is 2.46. The summed E-state index contributed by atoms with van der Waals surface area (Å²) < 4.78 is 0. The normalized spacial score (nSPS) is 15.0. The molecule has 1 aliphatic rings. The zero-order chi connectivity index (χ0) is 10.1. The van der Waals surface area contributed by atoms with Crippen molar-refractivity contribution in [2.24, 2.45) is 0 Å². The number of nitrogens with zero attached hydrogens (tertiary/aromatic N) is 1. The molecule has 1 aromatic rings. The molecule has 0 amide bonds. The van der Waals surface area contributed by atoms with E-state index in [0.717, 1.165) is 18.5 Å². The predicted molar refractivity (Wildman–Crippen MR) is 58.6 cm³/mol. The van der Waals surface area contributed by atoms with Crippen LogP contribution in [-0.2, 0) is 13.0 Å². The van der Waals surface area contributed by atoms with Gasteiger partial charge < -0.3 is 10.0 Å². The monoisotopic (exact) mass is 191 g/mol. The van der Waals surface area contributed by atoms with Gasteiger partial charge in [-0.05, 0) is 25.8 Å². The summed E-state index contributed by atoms with van der Waals surface area (Å²) in [6.45, 7) is 5.63. The van der Waals surface area contributed by atoms with E-state index < -0.39 is 0 Å². The lowest BCUT2D eigenvalue weighted by atomic mass is 10.1. The van der Waals surface area contributed by atoms with Gasteiger partial charge in [0.1, 0.15) is 0 Å². The maximum absolute atomic E-state index is 9.27. The summed E-state index contributed by atoms with van der Waals surface area (Å²) >= 11 is 0.